The average Bonchev–Trinajstić information content (AvgIpc) is 3.09. The fourth-order valence-electron chi connectivity index (χ4n) is 3.25. The van der Waals surface area contributed by atoms with Gasteiger partial charge >= 0.3 is 0 Å². The van der Waals surface area contributed by atoms with Crippen molar-refractivity contribution in [2.45, 2.75) is 20.0 Å². The molecule has 0 unspecified atom stereocenters. The van der Waals surface area contributed by atoms with Gasteiger partial charge in [0.2, 0.25) is 0 Å². The van der Waals surface area contributed by atoms with Crippen molar-refractivity contribution in [1.29, 1.82) is 0 Å². The van der Waals surface area contributed by atoms with Gasteiger partial charge in [0, 0.05) is 36.4 Å². The summed E-state index contributed by atoms with van der Waals surface area (Å²) in [4.78, 5) is 2.39. The van der Waals surface area contributed by atoms with Crippen molar-refractivity contribution in [3.8, 4) is 22.4 Å². The van der Waals surface area contributed by atoms with E-state index in [2.05, 4.69) is 64.5 Å². The first kappa shape index (κ1) is 14.0. The van der Waals surface area contributed by atoms with Crippen LogP contribution in [0.3, 0.4) is 0 Å². The normalized spacial score (nSPS) is 12.9. The first-order chi connectivity index (χ1) is 11.3. The molecule has 0 spiro atoms. The highest BCUT2D eigenvalue weighted by atomic mass is 15.2. The molecule has 0 aliphatic carbocycles. The summed E-state index contributed by atoms with van der Waals surface area (Å²) in [6.45, 7) is 4.66. The second kappa shape index (κ2) is 5.56. The number of rotatable bonds is 3. The second-order valence-electron chi connectivity index (χ2n) is 5.92. The van der Waals surface area contributed by atoms with Crippen LogP contribution in [0.1, 0.15) is 18.1 Å². The first-order valence-electron chi connectivity index (χ1n) is 8.01. The third-order valence-electron chi connectivity index (χ3n) is 4.59. The molecule has 0 saturated heterocycles. The van der Waals surface area contributed by atoms with E-state index in [4.69, 9.17) is 5.73 Å². The van der Waals surface area contributed by atoms with Crippen LogP contribution in [0.25, 0.3) is 22.4 Å². The molecule has 4 nitrogen and oxygen atoms in total. The molecular formula is C19H20N4. The molecule has 1 aliphatic heterocycles. The lowest BCUT2D eigenvalue weighted by atomic mass is 9.95. The van der Waals surface area contributed by atoms with Gasteiger partial charge in [-0.1, -0.05) is 36.4 Å². The molecule has 1 aliphatic rings. The van der Waals surface area contributed by atoms with E-state index in [-0.39, 0.29) is 0 Å². The number of aromatic nitrogens is 2. The van der Waals surface area contributed by atoms with Crippen LogP contribution in [0.4, 0.5) is 5.69 Å². The van der Waals surface area contributed by atoms with Crippen LogP contribution in [0.2, 0.25) is 0 Å². The number of nitrogens with one attached hydrogen (secondary N) is 1. The molecule has 0 radical (unpaired) electrons. The SMILES string of the molecule is CCN1Cc2cn[nH]c2-c2ccc(-c3ccc(CN)cc3)cc21. The summed E-state index contributed by atoms with van der Waals surface area (Å²) in [6.07, 6.45) is 1.93. The highest BCUT2D eigenvalue weighted by Gasteiger charge is 2.23. The highest BCUT2D eigenvalue weighted by molar-refractivity contribution is 5.85. The summed E-state index contributed by atoms with van der Waals surface area (Å²) in [6, 6.07) is 15.1. The van der Waals surface area contributed by atoms with E-state index < -0.39 is 0 Å². The number of benzene rings is 2. The van der Waals surface area contributed by atoms with Gasteiger partial charge in [-0.3, -0.25) is 5.10 Å². The van der Waals surface area contributed by atoms with Gasteiger partial charge in [0.1, 0.15) is 0 Å². The molecule has 0 atom stereocenters. The number of hydrogen-bond acceptors (Lipinski definition) is 3. The van der Waals surface area contributed by atoms with E-state index in [1.165, 1.54) is 27.9 Å². The number of fused-ring (bicyclic) bond motifs is 3. The maximum Gasteiger partial charge on any atom is 0.0720 e. The van der Waals surface area contributed by atoms with E-state index in [0.29, 0.717) is 6.54 Å². The lowest BCUT2D eigenvalue weighted by Crippen LogP contribution is -2.25. The number of nitrogens with two attached hydrogens (primary N) is 1. The molecule has 2 aromatic carbocycles. The van der Waals surface area contributed by atoms with E-state index >= 15 is 0 Å². The highest BCUT2D eigenvalue weighted by Crippen LogP contribution is 2.39. The monoisotopic (exact) mass is 304 g/mol. The molecule has 4 heteroatoms. The molecule has 23 heavy (non-hydrogen) atoms. The Labute approximate surface area is 135 Å². The van der Waals surface area contributed by atoms with Gasteiger partial charge in [0.05, 0.1) is 11.9 Å². The fourth-order valence-corrected chi connectivity index (χ4v) is 3.25. The number of H-pyrrole nitrogens is 1. The maximum absolute atomic E-state index is 5.68. The minimum Gasteiger partial charge on any atom is -0.367 e. The molecule has 0 bridgehead atoms. The summed E-state index contributed by atoms with van der Waals surface area (Å²) >= 11 is 0. The molecule has 1 aromatic heterocycles. The second-order valence-corrected chi connectivity index (χ2v) is 5.92. The standard InChI is InChI=1S/C19H20N4/c1-2-23-12-16-11-21-22-19(16)17-8-7-15(9-18(17)23)14-5-3-13(10-20)4-6-14/h3-9,11H,2,10,12,20H2,1H3,(H,21,22). The third-order valence-corrected chi connectivity index (χ3v) is 4.59. The van der Waals surface area contributed by atoms with Crippen molar-refractivity contribution in [3.63, 3.8) is 0 Å². The van der Waals surface area contributed by atoms with Crippen molar-refractivity contribution < 1.29 is 0 Å². The van der Waals surface area contributed by atoms with Crippen molar-refractivity contribution in [1.82, 2.24) is 10.2 Å². The van der Waals surface area contributed by atoms with Crippen LogP contribution in [-0.2, 0) is 13.1 Å². The largest absolute Gasteiger partial charge is 0.367 e. The van der Waals surface area contributed by atoms with Crippen molar-refractivity contribution in [2.24, 2.45) is 5.73 Å². The summed E-state index contributed by atoms with van der Waals surface area (Å²) < 4.78 is 0. The molecule has 0 amide bonds. The van der Waals surface area contributed by atoms with E-state index in [9.17, 15) is 0 Å². The number of aromatic amines is 1. The van der Waals surface area contributed by atoms with Crippen LogP contribution in [0, 0.1) is 0 Å². The van der Waals surface area contributed by atoms with Crippen LogP contribution in [-0.4, -0.2) is 16.7 Å². The van der Waals surface area contributed by atoms with Crippen molar-refractivity contribution in [3.05, 3.63) is 59.8 Å². The van der Waals surface area contributed by atoms with Crippen molar-refractivity contribution >= 4 is 5.69 Å². The Morgan fingerprint density at radius 2 is 1.91 bits per heavy atom. The molecule has 116 valence electrons. The lowest BCUT2D eigenvalue weighted by Gasteiger charge is -2.30. The van der Waals surface area contributed by atoms with Gasteiger partial charge in [-0.2, -0.15) is 5.10 Å². The smallest absolute Gasteiger partial charge is 0.0720 e. The lowest BCUT2D eigenvalue weighted by molar-refractivity contribution is 0.824. The van der Waals surface area contributed by atoms with E-state index in [1.807, 2.05) is 6.20 Å². The Balaban J connectivity index is 1.80. The topological polar surface area (TPSA) is 57.9 Å². The fraction of sp³-hybridized carbons (Fsp3) is 0.211. The van der Waals surface area contributed by atoms with Gasteiger partial charge in [-0.15, -0.1) is 0 Å². The zero-order valence-corrected chi connectivity index (χ0v) is 13.2. The molecule has 2 heterocycles. The summed E-state index contributed by atoms with van der Waals surface area (Å²) in [5.74, 6) is 0. The quantitative estimate of drug-likeness (QED) is 0.778. The van der Waals surface area contributed by atoms with Crippen molar-refractivity contribution in [2.75, 3.05) is 11.4 Å². The predicted octanol–water partition coefficient (Wildman–Crippen LogP) is 3.54. The zero-order chi connectivity index (χ0) is 15.8. The zero-order valence-electron chi connectivity index (χ0n) is 13.2. The van der Waals surface area contributed by atoms with Gasteiger partial charge in [0.15, 0.2) is 0 Å². The number of anilines is 1. The maximum atomic E-state index is 5.68. The Kier molecular flexibility index (Phi) is 3.39. The van der Waals surface area contributed by atoms with E-state index in [0.717, 1.165) is 24.3 Å². The molecule has 0 saturated carbocycles. The molecular weight excluding hydrogens is 284 g/mol. The van der Waals surface area contributed by atoms with Crippen LogP contribution >= 0.6 is 0 Å². The predicted molar refractivity (Wildman–Crippen MR) is 94.1 cm³/mol. The first-order valence-corrected chi connectivity index (χ1v) is 8.01. The molecule has 0 fully saturated rings. The minimum absolute atomic E-state index is 0.580. The Morgan fingerprint density at radius 3 is 2.65 bits per heavy atom. The number of hydrogen-bond donors (Lipinski definition) is 2. The summed E-state index contributed by atoms with van der Waals surface area (Å²) in [5, 5.41) is 7.35. The molecule has 4 rings (SSSR count). The Morgan fingerprint density at radius 1 is 1.13 bits per heavy atom. The van der Waals surface area contributed by atoms with E-state index in [1.54, 1.807) is 0 Å². The molecule has 3 N–H and O–H groups in total. The summed E-state index contributed by atoms with van der Waals surface area (Å²) in [5.41, 5.74) is 14.2. The van der Waals surface area contributed by atoms with Gasteiger partial charge in [-0.05, 0) is 29.7 Å². The third kappa shape index (κ3) is 2.32. The van der Waals surface area contributed by atoms with Gasteiger partial charge < -0.3 is 10.6 Å². The number of nitrogens with zero attached hydrogens (tertiary/aromatic N) is 2. The Hall–Kier alpha value is -2.59. The van der Waals surface area contributed by atoms with Crippen LogP contribution in [0.5, 0.6) is 0 Å². The van der Waals surface area contributed by atoms with Gasteiger partial charge in [-0.25, -0.2) is 0 Å². The molecule has 3 aromatic rings. The average molecular weight is 304 g/mol. The van der Waals surface area contributed by atoms with Crippen LogP contribution in [0.15, 0.2) is 48.7 Å². The summed E-state index contributed by atoms with van der Waals surface area (Å²) in [7, 11) is 0. The van der Waals surface area contributed by atoms with Gasteiger partial charge in [0.25, 0.3) is 0 Å². The minimum atomic E-state index is 0.580. The van der Waals surface area contributed by atoms with Crippen LogP contribution < -0.4 is 10.6 Å². The Bertz CT molecular complexity index is 833.